The molecule has 25 heavy (non-hydrogen) atoms. The van der Waals surface area contributed by atoms with Gasteiger partial charge < -0.3 is 14.8 Å². The minimum Gasteiger partial charge on any atom is -0.496 e. The van der Waals surface area contributed by atoms with Crippen LogP contribution in [0.15, 0.2) is 42.6 Å². The molecule has 2 aromatic rings. The summed E-state index contributed by atoms with van der Waals surface area (Å²) < 4.78 is 13.3. The van der Waals surface area contributed by atoms with E-state index in [0.717, 1.165) is 43.1 Å². The van der Waals surface area contributed by atoms with Crippen LogP contribution >= 0.6 is 0 Å². The van der Waals surface area contributed by atoms with Gasteiger partial charge in [0, 0.05) is 44.4 Å². The summed E-state index contributed by atoms with van der Waals surface area (Å²) in [5.41, 5.74) is 2.26. The Morgan fingerprint density at radius 3 is 3.04 bits per heavy atom. The summed E-state index contributed by atoms with van der Waals surface area (Å²) >= 11 is 0. The van der Waals surface area contributed by atoms with Crippen molar-refractivity contribution in [3.63, 3.8) is 0 Å². The predicted octanol–water partition coefficient (Wildman–Crippen LogP) is 3.20. The fourth-order valence-corrected chi connectivity index (χ4v) is 3.38. The maximum Gasteiger partial charge on any atom is 0.126 e. The standard InChI is InChI=1S/C20H27N3O2/c1-23-18(11-13-22-23)20-17(9-6-14-25-20)15-21-12-5-8-16-7-3-4-10-19(16)24-2/h3-5,7-8,10-11,13,17,20-21H,6,9,12,14-15H2,1-2H3/b8-5+/t17-,20+/m0/s1. The van der Waals surface area contributed by atoms with Gasteiger partial charge in [-0.1, -0.05) is 30.4 Å². The van der Waals surface area contributed by atoms with E-state index in [9.17, 15) is 0 Å². The number of rotatable bonds is 7. The van der Waals surface area contributed by atoms with Crippen LogP contribution in [-0.2, 0) is 11.8 Å². The van der Waals surface area contributed by atoms with Crippen LogP contribution in [0.1, 0.15) is 30.2 Å². The summed E-state index contributed by atoms with van der Waals surface area (Å²) in [6.07, 6.45) is 8.51. The molecule has 0 saturated carbocycles. The number of nitrogens with one attached hydrogen (secondary N) is 1. The van der Waals surface area contributed by atoms with Gasteiger partial charge in [0.2, 0.25) is 0 Å². The largest absolute Gasteiger partial charge is 0.496 e. The summed E-state index contributed by atoms with van der Waals surface area (Å²) in [6, 6.07) is 10.1. The first-order chi connectivity index (χ1) is 12.3. The number of aromatic nitrogens is 2. The van der Waals surface area contributed by atoms with Crippen LogP contribution in [0.25, 0.3) is 6.08 Å². The molecule has 5 nitrogen and oxygen atoms in total. The summed E-state index contributed by atoms with van der Waals surface area (Å²) in [4.78, 5) is 0. The Balaban J connectivity index is 1.52. The second kappa shape index (κ2) is 8.83. The Kier molecular flexibility index (Phi) is 6.25. The third kappa shape index (κ3) is 4.50. The minimum atomic E-state index is 0.131. The predicted molar refractivity (Wildman–Crippen MR) is 99.5 cm³/mol. The smallest absolute Gasteiger partial charge is 0.126 e. The van der Waals surface area contributed by atoms with Gasteiger partial charge in [0.1, 0.15) is 11.9 Å². The second-order valence-corrected chi connectivity index (χ2v) is 6.38. The van der Waals surface area contributed by atoms with Crippen molar-refractivity contribution < 1.29 is 9.47 Å². The van der Waals surface area contributed by atoms with Crippen LogP contribution in [0.5, 0.6) is 5.75 Å². The molecule has 1 aromatic heterocycles. The van der Waals surface area contributed by atoms with Crippen molar-refractivity contribution in [1.82, 2.24) is 15.1 Å². The van der Waals surface area contributed by atoms with E-state index < -0.39 is 0 Å². The topological polar surface area (TPSA) is 48.3 Å². The third-order valence-corrected chi connectivity index (χ3v) is 4.70. The highest BCUT2D eigenvalue weighted by Gasteiger charge is 2.28. The molecule has 1 aromatic carbocycles. The fourth-order valence-electron chi connectivity index (χ4n) is 3.38. The van der Waals surface area contributed by atoms with Crippen LogP contribution in [0.4, 0.5) is 0 Å². The number of aryl methyl sites for hydroxylation is 1. The first-order valence-corrected chi connectivity index (χ1v) is 8.89. The van der Waals surface area contributed by atoms with Gasteiger partial charge in [0.05, 0.1) is 12.8 Å². The lowest BCUT2D eigenvalue weighted by Crippen LogP contribution is -2.33. The molecular formula is C20H27N3O2. The SMILES string of the molecule is COc1ccccc1/C=C/CNC[C@@H]1CCCO[C@H]1c1ccnn1C. The van der Waals surface area contributed by atoms with Gasteiger partial charge in [-0.15, -0.1) is 0 Å². The average Bonchev–Trinajstić information content (AvgIpc) is 3.08. The molecule has 2 atom stereocenters. The molecule has 0 bridgehead atoms. The molecule has 0 unspecified atom stereocenters. The molecule has 1 N–H and O–H groups in total. The summed E-state index contributed by atoms with van der Waals surface area (Å²) in [5.74, 6) is 1.37. The van der Waals surface area contributed by atoms with E-state index in [1.165, 1.54) is 6.42 Å². The highest BCUT2D eigenvalue weighted by atomic mass is 16.5. The summed E-state index contributed by atoms with van der Waals surface area (Å²) in [6.45, 7) is 2.60. The maximum absolute atomic E-state index is 6.04. The highest BCUT2D eigenvalue weighted by Crippen LogP contribution is 2.32. The van der Waals surface area contributed by atoms with E-state index in [4.69, 9.17) is 9.47 Å². The summed E-state index contributed by atoms with van der Waals surface area (Å²) in [5, 5.41) is 7.82. The van der Waals surface area contributed by atoms with Crippen molar-refractivity contribution in [2.75, 3.05) is 26.8 Å². The minimum absolute atomic E-state index is 0.131. The number of ether oxygens (including phenoxy) is 2. The van der Waals surface area contributed by atoms with Gasteiger partial charge in [-0.05, 0) is 25.0 Å². The summed E-state index contributed by atoms with van der Waals surface area (Å²) in [7, 11) is 3.68. The van der Waals surface area contributed by atoms with Gasteiger partial charge in [-0.25, -0.2) is 0 Å². The van der Waals surface area contributed by atoms with Crippen molar-refractivity contribution in [3.8, 4) is 5.75 Å². The van der Waals surface area contributed by atoms with Crippen molar-refractivity contribution in [2.45, 2.75) is 18.9 Å². The van der Waals surface area contributed by atoms with Crippen molar-refractivity contribution in [3.05, 3.63) is 53.9 Å². The number of benzene rings is 1. The highest BCUT2D eigenvalue weighted by molar-refractivity contribution is 5.57. The molecule has 0 radical (unpaired) electrons. The van der Waals surface area contributed by atoms with E-state index in [-0.39, 0.29) is 6.10 Å². The van der Waals surface area contributed by atoms with Gasteiger partial charge in [-0.3, -0.25) is 4.68 Å². The van der Waals surface area contributed by atoms with Crippen molar-refractivity contribution >= 4 is 6.08 Å². The normalized spacial score (nSPS) is 20.9. The lowest BCUT2D eigenvalue weighted by molar-refractivity contribution is -0.0320. The lowest BCUT2D eigenvalue weighted by atomic mass is 9.92. The van der Waals surface area contributed by atoms with E-state index in [2.05, 4.69) is 34.7 Å². The maximum atomic E-state index is 6.04. The molecule has 1 fully saturated rings. The van der Waals surface area contributed by atoms with Crippen LogP contribution in [-0.4, -0.2) is 36.6 Å². The van der Waals surface area contributed by atoms with Gasteiger partial charge in [0.25, 0.3) is 0 Å². The molecule has 1 aliphatic heterocycles. The molecule has 134 valence electrons. The van der Waals surface area contributed by atoms with Crippen LogP contribution < -0.4 is 10.1 Å². The zero-order valence-electron chi connectivity index (χ0n) is 15.0. The van der Waals surface area contributed by atoms with Crippen LogP contribution in [0.2, 0.25) is 0 Å². The van der Waals surface area contributed by atoms with Gasteiger partial charge in [0.15, 0.2) is 0 Å². The first kappa shape index (κ1) is 17.7. The van der Waals surface area contributed by atoms with Gasteiger partial charge in [-0.2, -0.15) is 5.10 Å². The lowest BCUT2D eigenvalue weighted by Gasteiger charge is -2.32. The van der Waals surface area contributed by atoms with E-state index in [0.29, 0.717) is 5.92 Å². The Bertz CT molecular complexity index is 696. The fraction of sp³-hybridized carbons (Fsp3) is 0.450. The molecule has 0 amide bonds. The van der Waals surface area contributed by atoms with Crippen LogP contribution in [0.3, 0.4) is 0 Å². The van der Waals surface area contributed by atoms with Gasteiger partial charge >= 0.3 is 0 Å². The average molecular weight is 341 g/mol. The molecule has 1 aliphatic rings. The zero-order valence-corrected chi connectivity index (χ0v) is 15.0. The number of hydrogen-bond donors (Lipinski definition) is 1. The Morgan fingerprint density at radius 2 is 2.24 bits per heavy atom. The molecule has 3 rings (SSSR count). The van der Waals surface area contributed by atoms with Crippen LogP contribution in [0, 0.1) is 5.92 Å². The zero-order chi connectivity index (χ0) is 17.5. The Hall–Kier alpha value is -2.11. The molecular weight excluding hydrogens is 314 g/mol. The van der Waals surface area contributed by atoms with Crippen molar-refractivity contribution in [2.24, 2.45) is 13.0 Å². The molecule has 5 heteroatoms. The first-order valence-electron chi connectivity index (χ1n) is 8.89. The third-order valence-electron chi connectivity index (χ3n) is 4.70. The molecule has 2 heterocycles. The quantitative estimate of drug-likeness (QED) is 0.786. The molecule has 1 saturated heterocycles. The number of para-hydroxylation sites is 1. The van der Waals surface area contributed by atoms with Crippen molar-refractivity contribution in [1.29, 1.82) is 0 Å². The second-order valence-electron chi connectivity index (χ2n) is 6.38. The monoisotopic (exact) mass is 341 g/mol. The Morgan fingerprint density at radius 1 is 1.36 bits per heavy atom. The number of hydrogen-bond acceptors (Lipinski definition) is 4. The molecule has 0 aliphatic carbocycles. The van der Waals surface area contributed by atoms with E-state index in [1.54, 1.807) is 7.11 Å². The number of nitrogens with zero attached hydrogens (tertiary/aromatic N) is 2. The van der Waals surface area contributed by atoms with E-state index >= 15 is 0 Å². The number of methoxy groups -OCH3 is 1. The Labute approximate surface area is 149 Å². The molecule has 0 spiro atoms. The van der Waals surface area contributed by atoms with E-state index in [1.807, 2.05) is 36.1 Å².